The van der Waals surface area contributed by atoms with E-state index in [2.05, 4.69) is 6.07 Å². The number of benzene rings is 2. The highest BCUT2D eigenvalue weighted by Crippen LogP contribution is 2.31. The molecule has 2 aromatic carbocycles. The van der Waals surface area contributed by atoms with E-state index >= 15 is 0 Å². The Balaban J connectivity index is 1.79. The van der Waals surface area contributed by atoms with Crippen LogP contribution >= 0.6 is 23.4 Å². The van der Waals surface area contributed by atoms with Crippen LogP contribution in [0.4, 0.5) is 5.69 Å². The van der Waals surface area contributed by atoms with E-state index in [1.54, 1.807) is 36.4 Å². The molecule has 3 rings (SSSR count). The normalized spacial score (nSPS) is 11.2. The fourth-order valence-electron chi connectivity index (χ4n) is 2.17. The zero-order chi connectivity index (χ0) is 18.5. The van der Waals surface area contributed by atoms with Crippen molar-refractivity contribution >= 4 is 40.7 Å². The maximum Gasteiger partial charge on any atom is 0.269 e. The molecule has 26 heavy (non-hydrogen) atoms. The number of furan rings is 1. The predicted molar refractivity (Wildman–Crippen MR) is 101 cm³/mol. The summed E-state index contributed by atoms with van der Waals surface area (Å²) in [6.07, 6.45) is 1.60. The van der Waals surface area contributed by atoms with E-state index < -0.39 is 4.92 Å². The lowest BCUT2D eigenvalue weighted by molar-refractivity contribution is -0.384. The first-order chi connectivity index (χ1) is 12.5. The molecular formula is C19H11ClN2O3S. The highest BCUT2D eigenvalue weighted by atomic mass is 35.5. The number of non-ortho nitro benzene ring substituents is 1. The molecule has 0 bridgehead atoms. The quantitative estimate of drug-likeness (QED) is 0.304. The van der Waals surface area contributed by atoms with Crippen molar-refractivity contribution in [2.24, 2.45) is 0 Å². The number of rotatable bonds is 5. The summed E-state index contributed by atoms with van der Waals surface area (Å²) >= 11 is 7.31. The summed E-state index contributed by atoms with van der Waals surface area (Å²) in [5, 5.41) is 21.4. The number of nitrogens with zero attached hydrogens (tertiary/aromatic N) is 2. The molecule has 5 nitrogen and oxygen atoms in total. The summed E-state index contributed by atoms with van der Waals surface area (Å²) in [7, 11) is 0. The minimum atomic E-state index is -0.480. The van der Waals surface area contributed by atoms with Gasteiger partial charge >= 0.3 is 0 Å². The van der Waals surface area contributed by atoms with E-state index in [1.165, 1.54) is 23.9 Å². The van der Waals surface area contributed by atoms with Gasteiger partial charge in [0.25, 0.3) is 5.69 Å². The highest BCUT2D eigenvalue weighted by molar-refractivity contribution is 7.99. The number of halogens is 1. The Kier molecular flexibility index (Phi) is 5.42. The van der Waals surface area contributed by atoms with Gasteiger partial charge in [0, 0.05) is 22.1 Å². The van der Waals surface area contributed by atoms with Crippen LogP contribution in [0.5, 0.6) is 0 Å². The zero-order valence-corrected chi connectivity index (χ0v) is 14.8. The maximum absolute atomic E-state index is 10.7. The highest BCUT2D eigenvalue weighted by Gasteiger charge is 2.09. The molecule has 128 valence electrons. The molecule has 0 radical (unpaired) electrons. The molecule has 1 aromatic heterocycles. The summed E-state index contributed by atoms with van der Waals surface area (Å²) < 4.78 is 5.73. The molecule has 1 heterocycles. The molecule has 0 saturated carbocycles. The van der Waals surface area contributed by atoms with Gasteiger partial charge in [0.1, 0.15) is 5.76 Å². The average molecular weight is 383 g/mol. The minimum Gasteiger partial charge on any atom is -0.450 e. The molecule has 0 aliphatic heterocycles. The molecule has 0 unspecified atom stereocenters. The lowest BCUT2D eigenvalue weighted by Gasteiger charge is -1.99. The van der Waals surface area contributed by atoms with Crippen molar-refractivity contribution in [3.63, 3.8) is 0 Å². The third-order valence-corrected chi connectivity index (χ3v) is 4.61. The van der Waals surface area contributed by atoms with Crippen molar-refractivity contribution in [2.75, 3.05) is 0 Å². The average Bonchev–Trinajstić information content (AvgIpc) is 3.09. The first-order valence-corrected chi connectivity index (χ1v) is 8.64. The van der Waals surface area contributed by atoms with Gasteiger partial charge in [-0.3, -0.25) is 10.1 Å². The van der Waals surface area contributed by atoms with Crippen molar-refractivity contribution in [2.45, 2.75) is 9.99 Å². The molecule has 0 N–H and O–H groups in total. The van der Waals surface area contributed by atoms with Gasteiger partial charge < -0.3 is 4.42 Å². The van der Waals surface area contributed by atoms with E-state index in [0.717, 1.165) is 4.90 Å². The van der Waals surface area contributed by atoms with Gasteiger partial charge in [-0.25, -0.2) is 0 Å². The van der Waals surface area contributed by atoms with Gasteiger partial charge in [0.2, 0.25) is 0 Å². The SMILES string of the molecule is N#C/C(=C\c1ccc(Sc2ccc(Cl)cc2)o1)c1ccc([N+](=O)[O-])cc1. The summed E-state index contributed by atoms with van der Waals surface area (Å²) in [6.45, 7) is 0. The molecule has 0 aliphatic rings. The molecule has 3 aromatic rings. The van der Waals surface area contributed by atoms with Crippen LogP contribution in [0, 0.1) is 21.4 Å². The van der Waals surface area contributed by atoms with Crippen LogP contribution in [0.2, 0.25) is 5.02 Å². The fraction of sp³-hybridized carbons (Fsp3) is 0. The zero-order valence-electron chi connectivity index (χ0n) is 13.3. The Hall–Kier alpha value is -3.01. The molecule has 0 atom stereocenters. The van der Waals surface area contributed by atoms with Gasteiger partial charge in [-0.1, -0.05) is 23.4 Å². The Bertz CT molecular complexity index is 1000. The van der Waals surface area contributed by atoms with Gasteiger partial charge in [-0.2, -0.15) is 5.26 Å². The van der Waals surface area contributed by atoms with Crippen LogP contribution in [0.3, 0.4) is 0 Å². The molecule has 0 amide bonds. The number of nitriles is 1. The second kappa shape index (κ2) is 7.91. The molecule has 0 saturated heterocycles. The first kappa shape index (κ1) is 17.8. The number of hydrogen-bond donors (Lipinski definition) is 0. The van der Waals surface area contributed by atoms with Crippen molar-refractivity contribution in [1.82, 2.24) is 0 Å². The van der Waals surface area contributed by atoms with E-state index in [9.17, 15) is 15.4 Å². The monoisotopic (exact) mass is 382 g/mol. The van der Waals surface area contributed by atoms with E-state index in [1.807, 2.05) is 18.2 Å². The van der Waals surface area contributed by atoms with E-state index in [0.29, 0.717) is 27.0 Å². The molecule has 0 fully saturated rings. The maximum atomic E-state index is 10.7. The van der Waals surface area contributed by atoms with Crippen LogP contribution in [0.1, 0.15) is 11.3 Å². The van der Waals surface area contributed by atoms with Crippen LogP contribution in [0.25, 0.3) is 11.6 Å². The predicted octanol–water partition coefficient (Wildman–Crippen LogP) is 6.06. The van der Waals surface area contributed by atoms with Crippen LogP contribution < -0.4 is 0 Å². The number of hydrogen-bond acceptors (Lipinski definition) is 5. The standard InChI is InChI=1S/C19H11ClN2O3S/c20-15-3-8-18(9-4-15)26-19-10-7-17(25-19)11-14(12-21)13-1-5-16(6-2-13)22(23)24/h1-11H/b14-11+. The third kappa shape index (κ3) is 4.33. The molecule has 0 spiro atoms. The van der Waals surface area contributed by atoms with Crippen LogP contribution in [-0.4, -0.2) is 4.92 Å². The Labute approximate surface area is 158 Å². The number of nitro groups is 1. The van der Waals surface area contributed by atoms with Crippen LogP contribution in [-0.2, 0) is 0 Å². The van der Waals surface area contributed by atoms with Crippen molar-refractivity contribution in [1.29, 1.82) is 5.26 Å². The fourth-order valence-corrected chi connectivity index (χ4v) is 3.08. The van der Waals surface area contributed by atoms with E-state index in [-0.39, 0.29) is 5.69 Å². The van der Waals surface area contributed by atoms with E-state index in [4.69, 9.17) is 16.0 Å². The Morgan fingerprint density at radius 1 is 1.12 bits per heavy atom. The van der Waals surface area contributed by atoms with Crippen molar-refractivity contribution in [3.05, 3.63) is 87.1 Å². The lowest BCUT2D eigenvalue weighted by Crippen LogP contribution is -1.88. The summed E-state index contributed by atoms with van der Waals surface area (Å²) in [5.74, 6) is 0.524. The summed E-state index contributed by atoms with van der Waals surface area (Å²) in [4.78, 5) is 11.2. The largest absolute Gasteiger partial charge is 0.450 e. The Morgan fingerprint density at radius 3 is 2.42 bits per heavy atom. The van der Waals surface area contributed by atoms with Crippen molar-refractivity contribution < 1.29 is 9.34 Å². The van der Waals surface area contributed by atoms with Gasteiger partial charge in [0.15, 0.2) is 5.09 Å². The van der Waals surface area contributed by atoms with Crippen molar-refractivity contribution in [3.8, 4) is 6.07 Å². The minimum absolute atomic E-state index is 0.0225. The van der Waals surface area contributed by atoms with Gasteiger partial charge in [-0.05, 0) is 60.2 Å². The number of allylic oxidation sites excluding steroid dienone is 1. The Morgan fingerprint density at radius 2 is 1.81 bits per heavy atom. The lowest BCUT2D eigenvalue weighted by atomic mass is 10.1. The summed E-state index contributed by atoms with van der Waals surface area (Å²) in [5.41, 5.74) is 0.921. The third-order valence-electron chi connectivity index (χ3n) is 3.43. The van der Waals surface area contributed by atoms with Crippen LogP contribution in [0.15, 0.2) is 75.1 Å². The smallest absolute Gasteiger partial charge is 0.269 e. The first-order valence-electron chi connectivity index (χ1n) is 7.45. The molecule has 7 heteroatoms. The second-order valence-corrected chi connectivity index (χ2v) is 6.70. The summed E-state index contributed by atoms with van der Waals surface area (Å²) in [6, 6.07) is 18.9. The topological polar surface area (TPSA) is 80.1 Å². The molecule has 0 aliphatic carbocycles. The second-order valence-electron chi connectivity index (χ2n) is 5.19. The molecular weight excluding hydrogens is 372 g/mol. The van der Waals surface area contributed by atoms with Gasteiger partial charge in [0.05, 0.1) is 16.6 Å². The number of nitro benzene ring substituents is 1. The van der Waals surface area contributed by atoms with Gasteiger partial charge in [-0.15, -0.1) is 0 Å².